The standard InChI is InChI=1S/C21H21ClN4O4/c1-12-5-13(2)7-18(6-12)30-19-9-16(8-17(10-19)26(28)29)23-21(27)15(4)25-11-20(22)14(3)24-25/h5-11,15H,1-4H3,(H,23,27). The number of halogens is 1. The maximum atomic E-state index is 12.6. The van der Waals surface area contributed by atoms with E-state index in [1.54, 1.807) is 20.0 Å². The van der Waals surface area contributed by atoms with Crippen LogP contribution in [0.5, 0.6) is 11.5 Å². The summed E-state index contributed by atoms with van der Waals surface area (Å²) in [5.74, 6) is 0.405. The van der Waals surface area contributed by atoms with E-state index in [9.17, 15) is 14.9 Å². The number of amides is 1. The van der Waals surface area contributed by atoms with Crippen molar-refractivity contribution in [3.05, 3.63) is 74.6 Å². The Morgan fingerprint density at radius 2 is 1.77 bits per heavy atom. The normalized spacial score (nSPS) is 11.8. The maximum Gasteiger partial charge on any atom is 0.275 e. The molecule has 0 aliphatic heterocycles. The maximum absolute atomic E-state index is 12.6. The van der Waals surface area contributed by atoms with Crippen LogP contribution >= 0.6 is 11.6 Å². The highest BCUT2D eigenvalue weighted by atomic mass is 35.5. The van der Waals surface area contributed by atoms with Gasteiger partial charge in [-0.15, -0.1) is 0 Å². The number of aryl methyl sites for hydroxylation is 3. The number of non-ortho nitro benzene ring substituents is 1. The molecular weight excluding hydrogens is 408 g/mol. The molecule has 3 rings (SSSR count). The summed E-state index contributed by atoms with van der Waals surface area (Å²) in [5.41, 5.74) is 2.67. The lowest BCUT2D eigenvalue weighted by Gasteiger charge is -2.14. The fraction of sp³-hybridized carbons (Fsp3) is 0.238. The highest BCUT2D eigenvalue weighted by Gasteiger charge is 2.19. The Labute approximate surface area is 178 Å². The van der Waals surface area contributed by atoms with E-state index in [1.165, 1.54) is 22.9 Å². The molecule has 1 atom stereocenters. The van der Waals surface area contributed by atoms with Crippen LogP contribution in [0, 0.1) is 30.9 Å². The van der Waals surface area contributed by atoms with Crippen molar-refractivity contribution in [2.75, 3.05) is 5.32 Å². The molecule has 0 fully saturated rings. The number of aromatic nitrogens is 2. The second kappa shape index (κ2) is 8.54. The Kier molecular flexibility index (Phi) is 6.07. The zero-order valence-electron chi connectivity index (χ0n) is 17.0. The van der Waals surface area contributed by atoms with E-state index in [1.807, 2.05) is 32.0 Å². The van der Waals surface area contributed by atoms with Gasteiger partial charge in [-0.1, -0.05) is 17.7 Å². The number of nitrogens with zero attached hydrogens (tertiary/aromatic N) is 3. The van der Waals surface area contributed by atoms with Gasteiger partial charge >= 0.3 is 0 Å². The minimum atomic E-state index is -0.667. The quantitative estimate of drug-likeness (QED) is 0.420. The number of nitro benzene ring substituents is 1. The second-order valence-electron chi connectivity index (χ2n) is 7.11. The van der Waals surface area contributed by atoms with Gasteiger partial charge in [0.15, 0.2) is 0 Å². The molecule has 0 aliphatic carbocycles. The van der Waals surface area contributed by atoms with Gasteiger partial charge in [0.2, 0.25) is 5.91 Å². The molecule has 156 valence electrons. The van der Waals surface area contributed by atoms with Crippen LogP contribution in [-0.4, -0.2) is 20.6 Å². The van der Waals surface area contributed by atoms with Gasteiger partial charge in [0.1, 0.15) is 17.5 Å². The molecule has 0 saturated carbocycles. The monoisotopic (exact) mass is 428 g/mol. The first kappa shape index (κ1) is 21.3. The van der Waals surface area contributed by atoms with Crippen LogP contribution in [0.2, 0.25) is 5.02 Å². The molecule has 3 aromatic rings. The SMILES string of the molecule is Cc1cc(C)cc(Oc2cc(NC(=O)C(C)n3cc(Cl)c(C)n3)cc([N+](=O)[O-])c2)c1. The van der Waals surface area contributed by atoms with E-state index in [-0.39, 0.29) is 17.1 Å². The molecule has 0 radical (unpaired) electrons. The van der Waals surface area contributed by atoms with Gasteiger partial charge in [-0.25, -0.2) is 0 Å². The Balaban J connectivity index is 1.86. The van der Waals surface area contributed by atoms with Crippen LogP contribution in [0.3, 0.4) is 0 Å². The van der Waals surface area contributed by atoms with Crippen molar-refractivity contribution in [3.8, 4) is 11.5 Å². The number of ether oxygens (including phenoxy) is 1. The molecule has 2 aromatic carbocycles. The molecule has 0 bridgehead atoms. The molecule has 1 unspecified atom stereocenters. The van der Waals surface area contributed by atoms with Crippen molar-refractivity contribution in [1.82, 2.24) is 9.78 Å². The van der Waals surface area contributed by atoms with Crippen molar-refractivity contribution in [2.24, 2.45) is 0 Å². The summed E-state index contributed by atoms with van der Waals surface area (Å²) >= 11 is 6.01. The molecule has 1 N–H and O–H groups in total. The van der Waals surface area contributed by atoms with Crippen LogP contribution in [0.25, 0.3) is 0 Å². The number of benzene rings is 2. The smallest absolute Gasteiger partial charge is 0.275 e. The number of rotatable bonds is 6. The number of hydrogen-bond donors (Lipinski definition) is 1. The number of nitro groups is 1. The molecule has 8 nitrogen and oxygen atoms in total. The Hall–Kier alpha value is -3.39. The van der Waals surface area contributed by atoms with E-state index >= 15 is 0 Å². The minimum absolute atomic E-state index is 0.196. The third kappa shape index (κ3) is 4.96. The number of carbonyl (C=O) groups excluding carboxylic acids is 1. The van der Waals surface area contributed by atoms with E-state index < -0.39 is 16.9 Å². The van der Waals surface area contributed by atoms with Crippen molar-refractivity contribution in [2.45, 2.75) is 33.7 Å². The Morgan fingerprint density at radius 3 is 2.33 bits per heavy atom. The molecule has 30 heavy (non-hydrogen) atoms. The third-order valence-electron chi connectivity index (χ3n) is 4.43. The van der Waals surface area contributed by atoms with Crippen molar-refractivity contribution in [3.63, 3.8) is 0 Å². The summed E-state index contributed by atoms with van der Waals surface area (Å²) in [7, 11) is 0. The van der Waals surface area contributed by atoms with Crippen LogP contribution in [-0.2, 0) is 4.79 Å². The first-order valence-electron chi connectivity index (χ1n) is 9.20. The summed E-state index contributed by atoms with van der Waals surface area (Å²) in [4.78, 5) is 23.5. The largest absolute Gasteiger partial charge is 0.457 e. The average Bonchev–Trinajstić information content (AvgIpc) is 2.98. The molecule has 0 saturated heterocycles. The van der Waals surface area contributed by atoms with E-state index in [2.05, 4.69) is 10.4 Å². The highest BCUT2D eigenvalue weighted by molar-refractivity contribution is 6.31. The van der Waals surface area contributed by atoms with Crippen LogP contribution in [0.15, 0.2) is 42.6 Å². The number of hydrogen-bond acceptors (Lipinski definition) is 5. The predicted octanol–water partition coefficient (Wildman–Crippen LogP) is 5.36. The number of carbonyl (C=O) groups is 1. The van der Waals surface area contributed by atoms with Crippen LogP contribution in [0.1, 0.15) is 29.8 Å². The summed E-state index contributed by atoms with van der Waals surface area (Å²) in [6, 6.07) is 9.12. The molecule has 9 heteroatoms. The second-order valence-corrected chi connectivity index (χ2v) is 7.51. The fourth-order valence-electron chi connectivity index (χ4n) is 2.97. The van der Waals surface area contributed by atoms with Crippen LogP contribution < -0.4 is 10.1 Å². The minimum Gasteiger partial charge on any atom is -0.457 e. The van der Waals surface area contributed by atoms with Gasteiger partial charge in [-0.2, -0.15) is 5.10 Å². The molecule has 1 aromatic heterocycles. The Bertz CT molecular complexity index is 1090. The van der Waals surface area contributed by atoms with E-state index in [0.717, 1.165) is 11.1 Å². The fourth-order valence-corrected chi connectivity index (χ4v) is 3.11. The summed E-state index contributed by atoms with van der Waals surface area (Å²) in [5, 5.41) is 18.7. The van der Waals surface area contributed by atoms with Gasteiger partial charge in [0.05, 0.1) is 27.4 Å². The summed E-state index contributed by atoms with van der Waals surface area (Å²) in [6.45, 7) is 7.26. The number of anilines is 1. The average molecular weight is 429 g/mol. The van der Waals surface area contributed by atoms with Gasteiger partial charge < -0.3 is 10.1 Å². The topological polar surface area (TPSA) is 99.3 Å². The molecule has 0 spiro atoms. The van der Waals surface area contributed by atoms with Crippen molar-refractivity contribution >= 4 is 28.9 Å². The van der Waals surface area contributed by atoms with Gasteiger partial charge in [0.25, 0.3) is 5.69 Å². The molecule has 1 heterocycles. The van der Waals surface area contributed by atoms with E-state index in [0.29, 0.717) is 16.5 Å². The van der Waals surface area contributed by atoms with Gasteiger partial charge in [0, 0.05) is 18.3 Å². The van der Waals surface area contributed by atoms with Crippen molar-refractivity contribution < 1.29 is 14.5 Å². The zero-order valence-corrected chi connectivity index (χ0v) is 17.7. The molecule has 1 amide bonds. The first-order chi connectivity index (χ1) is 14.1. The molecular formula is C21H21ClN4O4. The lowest BCUT2D eigenvalue weighted by Crippen LogP contribution is -2.24. The summed E-state index contributed by atoms with van der Waals surface area (Å²) < 4.78 is 7.27. The lowest BCUT2D eigenvalue weighted by molar-refractivity contribution is -0.384. The molecule has 0 aliphatic rings. The highest BCUT2D eigenvalue weighted by Crippen LogP contribution is 2.31. The van der Waals surface area contributed by atoms with Gasteiger partial charge in [-0.3, -0.25) is 19.6 Å². The van der Waals surface area contributed by atoms with Gasteiger partial charge in [-0.05, 0) is 51.0 Å². The van der Waals surface area contributed by atoms with E-state index in [4.69, 9.17) is 16.3 Å². The third-order valence-corrected chi connectivity index (χ3v) is 4.80. The predicted molar refractivity (Wildman–Crippen MR) is 114 cm³/mol. The van der Waals surface area contributed by atoms with Crippen LogP contribution in [0.4, 0.5) is 11.4 Å². The Morgan fingerprint density at radius 1 is 1.13 bits per heavy atom. The summed E-state index contributed by atoms with van der Waals surface area (Å²) in [6.07, 6.45) is 1.56. The zero-order chi connectivity index (χ0) is 22.0. The van der Waals surface area contributed by atoms with Crippen molar-refractivity contribution in [1.29, 1.82) is 0 Å². The lowest BCUT2D eigenvalue weighted by atomic mass is 10.1. The first-order valence-corrected chi connectivity index (χ1v) is 9.58. The number of nitrogens with one attached hydrogen (secondary N) is 1.